The van der Waals surface area contributed by atoms with Crippen LogP contribution < -0.4 is 0 Å². The number of pyridine rings is 4. The molecule has 4 aromatic heterocycles. The molecule has 1 aliphatic heterocycles. The average Bonchev–Trinajstić information content (AvgIpc) is 3.18. The minimum Gasteiger partial charge on any atom is -0.299 e. The van der Waals surface area contributed by atoms with Crippen molar-refractivity contribution < 1.29 is 4.79 Å². The first-order valence-corrected chi connectivity index (χ1v) is 18.7. The molecule has 1 saturated heterocycles. The first-order valence-electron chi connectivity index (χ1n) is 18.7. The number of carbonyl (C=O) groups excluding carboxylic acids is 1. The summed E-state index contributed by atoms with van der Waals surface area (Å²) in [4.78, 5) is 41.5. The summed E-state index contributed by atoms with van der Waals surface area (Å²) >= 11 is 0. The number of ketones is 1. The Morgan fingerprint density at radius 1 is 0.538 bits per heavy atom. The Morgan fingerprint density at radius 3 is 1.42 bits per heavy atom. The van der Waals surface area contributed by atoms with Gasteiger partial charge in [0.05, 0.1) is 22.8 Å². The second-order valence-corrected chi connectivity index (χ2v) is 13.8. The largest absolute Gasteiger partial charge is 0.299 e. The lowest BCUT2D eigenvalue weighted by Gasteiger charge is -2.39. The molecule has 9 nitrogen and oxygen atoms in total. The van der Waals surface area contributed by atoms with Crippen molar-refractivity contribution >= 4 is 5.78 Å². The third-order valence-electron chi connectivity index (χ3n) is 9.87. The molecule has 1 atom stereocenters. The molecule has 1 aliphatic rings. The first kappa shape index (κ1) is 37.1. The Labute approximate surface area is 309 Å². The fourth-order valence-electron chi connectivity index (χ4n) is 6.89. The summed E-state index contributed by atoms with van der Waals surface area (Å²) in [7, 11) is 0. The van der Waals surface area contributed by atoms with E-state index in [4.69, 9.17) is 19.9 Å². The van der Waals surface area contributed by atoms with Gasteiger partial charge in [-0.05, 0) is 66.1 Å². The van der Waals surface area contributed by atoms with Gasteiger partial charge in [-0.25, -0.2) is 0 Å². The molecule has 52 heavy (non-hydrogen) atoms. The minimum absolute atomic E-state index is 0.203. The molecular weight excluding hydrogens is 645 g/mol. The van der Waals surface area contributed by atoms with Crippen LogP contribution in [-0.2, 0) is 43.8 Å². The van der Waals surface area contributed by atoms with Gasteiger partial charge in [0, 0.05) is 116 Å². The molecule has 0 aliphatic carbocycles. The zero-order valence-electron chi connectivity index (χ0n) is 30.5. The monoisotopic (exact) mass is 696 g/mol. The van der Waals surface area contributed by atoms with E-state index in [1.165, 1.54) is 5.56 Å². The Balaban J connectivity index is 1.32. The minimum atomic E-state index is 0.203. The van der Waals surface area contributed by atoms with Gasteiger partial charge in [-0.3, -0.25) is 44.3 Å². The van der Waals surface area contributed by atoms with Crippen molar-refractivity contribution in [2.75, 3.05) is 45.8 Å². The molecule has 0 radical (unpaired) electrons. The highest BCUT2D eigenvalue weighted by molar-refractivity contribution is 5.80. The summed E-state index contributed by atoms with van der Waals surface area (Å²) in [6.45, 7) is 11.4. The average molecular weight is 697 g/mol. The molecule has 5 heterocycles. The summed E-state index contributed by atoms with van der Waals surface area (Å²) < 4.78 is 0. The van der Waals surface area contributed by atoms with Crippen LogP contribution in [-0.4, -0.2) is 97.2 Å². The molecule has 5 aromatic rings. The van der Waals surface area contributed by atoms with Crippen LogP contribution in [0.3, 0.4) is 0 Å². The van der Waals surface area contributed by atoms with Gasteiger partial charge >= 0.3 is 0 Å². The van der Waals surface area contributed by atoms with E-state index in [0.29, 0.717) is 12.8 Å². The lowest BCUT2D eigenvalue weighted by atomic mass is 10.00. The highest BCUT2D eigenvalue weighted by Crippen LogP contribution is 2.18. The van der Waals surface area contributed by atoms with Gasteiger partial charge in [0.1, 0.15) is 5.78 Å². The third-order valence-corrected chi connectivity index (χ3v) is 9.87. The molecule has 6 rings (SSSR count). The second-order valence-electron chi connectivity index (χ2n) is 13.8. The van der Waals surface area contributed by atoms with Crippen molar-refractivity contribution in [1.29, 1.82) is 0 Å². The topological polar surface area (TPSA) is 81.6 Å². The number of rotatable bonds is 13. The summed E-state index contributed by atoms with van der Waals surface area (Å²) in [5.74, 6) is 0.270. The lowest BCUT2D eigenvalue weighted by molar-refractivity contribution is -0.118. The summed E-state index contributed by atoms with van der Waals surface area (Å²) in [5, 5.41) is 0. The lowest BCUT2D eigenvalue weighted by Crippen LogP contribution is -2.50. The van der Waals surface area contributed by atoms with E-state index < -0.39 is 0 Å². The van der Waals surface area contributed by atoms with E-state index in [1.807, 2.05) is 56.0 Å². The van der Waals surface area contributed by atoms with Gasteiger partial charge in [0.25, 0.3) is 0 Å². The molecule has 0 amide bonds. The van der Waals surface area contributed by atoms with E-state index in [0.717, 1.165) is 107 Å². The van der Waals surface area contributed by atoms with Crippen LogP contribution >= 0.6 is 0 Å². The molecule has 1 fully saturated rings. The van der Waals surface area contributed by atoms with Crippen molar-refractivity contribution in [3.05, 3.63) is 156 Å². The fraction of sp³-hybridized carbons (Fsp3) is 0.372. The first-order chi connectivity index (χ1) is 25.6. The molecule has 0 spiro atoms. The van der Waals surface area contributed by atoms with Gasteiger partial charge < -0.3 is 0 Å². The molecule has 0 bridgehead atoms. The Hall–Kier alpha value is -4.67. The maximum absolute atomic E-state index is 12.2. The van der Waals surface area contributed by atoms with Crippen molar-refractivity contribution in [3.63, 3.8) is 0 Å². The van der Waals surface area contributed by atoms with E-state index >= 15 is 0 Å². The highest BCUT2D eigenvalue weighted by Gasteiger charge is 2.26. The number of hydrogen-bond donors (Lipinski definition) is 0. The van der Waals surface area contributed by atoms with Crippen molar-refractivity contribution in [3.8, 4) is 0 Å². The van der Waals surface area contributed by atoms with Gasteiger partial charge in [-0.15, -0.1) is 0 Å². The maximum atomic E-state index is 12.2. The maximum Gasteiger partial charge on any atom is 0.136 e. The molecule has 9 heteroatoms. The van der Waals surface area contributed by atoms with Crippen molar-refractivity contribution in [2.45, 2.75) is 58.4 Å². The van der Waals surface area contributed by atoms with Crippen LogP contribution in [0.1, 0.15) is 47.2 Å². The molecule has 1 aromatic carbocycles. The van der Waals surface area contributed by atoms with Crippen LogP contribution in [0.25, 0.3) is 0 Å². The predicted molar refractivity (Wildman–Crippen MR) is 206 cm³/mol. The SMILES string of the molecule is CCC(=O)Cc1ccc(CC2CN(Cc3ccccn3)CCN(Cc3ccccn3)CCN(Cc3ccccn3)CCN2Cc2ccccn2)cc1. The zero-order valence-corrected chi connectivity index (χ0v) is 30.5. The summed E-state index contributed by atoms with van der Waals surface area (Å²) in [6.07, 6.45) is 9.51. The number of nitrogens with zero attached hydrogens (tertiary/aromatic N) is 8. The van der Waals surface area contributed by atoms with E-state index in [2.05, 4.69) is 92.4 Å². The van der Waals surface area contributed by atoms with E-state index in [9.17, 15) is 4.79 Å². The van der Waals surface area contributed by atoms with Crippen LogP contribution in [0.2, 0.25) is 0 Å². The van der Waals surface area contributed by atoms with Crippen LogP contribution in [0.4, 0.5) is 0 Å². The quantitative estimate of drug-likeness (QED) is 0.154. The number of benzene rings is 1. The van der Waals surface area contributed by atoms with Crippen molar-refractivity contribution in [1.82, 2.24) is 39.5 Å². The highest BCUT2D eigenvalue weighted by atomic mass is 16.1. The van der Waals surface area contributed by atoms with Gasteiger partial charge in [-0.2, -0.15) is 0 Å². The van der Waals surface area contributed by atoms with Crippen LogP contribution in [0, 0.1) is 0 Å². The number of carbonyl (C=O) groups is 1. The van der Waals surface area contributed by atoms with Crippen LogP contribution in [0.15, 0.2) is 122 Å². The number of aromatic nitrogens is 4. The smallest absolute Gasteiger partial charge is 0.136 e. The molecule has 0 N–H and O–H groups in total. The number of Topliss-reactive ketones (excluding diaryl/α,β-unsaturated/α-hetero) is 1. The van der Waals surface area contributed by atoms with Crippen molar-refractivity contribution in [2.24, 2.45) is 0 Å². The van der Waals surface area contributed by atoms with Crippen LogP contribution in [0.5, 0.6) is 0 Å². The Bertz CT molecular complexity index is 1740. The van der Waals surface area contributed by atoms with E-state index in [1.54, 1.807) is 0 Å². The zero-order chi connectivity index (χ0) is 35.8. The van der Waals surface area contributed by atoms with Gasteiger partial charge in [-0.1, -0.05) is 55.5 Å². The molecule has 0 saturated carbocycles. The number of hydrogen-bond acceptors (Lipinski definition) is 9. The summed E-state index contributed by atoms with van der Waals surface area (Å²) in [6, 6.07) is 33.7. The Kier molecular flexibility index (Phi) is 14.1. The Morgan fingerprint density at radius 2 is 0.962 bits per heavy atom. The molecular formula is C43H52N8O. The predicted octanol–water partition coefficient (Wildman–Crippen LogP) is 5.72. The summed E-state index contributed by atoms with van der Waals surface area (Å²) in [5.41, 5.74) is 6.67. The standard InChI is InChI=1S/C43H52N8O/c1-2-43(52)30-37-17-15-36(16-18-37)29-42-35-50(33-40-13-5-9-21-46-40)26-25-48(31-38-11-3-7-19-44-38)23-24-49(32-39-12-4-8-20-45-39)27-28-51(42)34-41-14-6-10-22-47-41/h3-22,42H,2,23-35H2,1H3. The van der Waals surface area contributed by atoms with Gasteiger partial charge in [0.15, 0.2) is 0 Å². The van der Waals surface area contributed by atoms with Gasteiger partial charge in [0.2, 0.25) is 0 Å². The molecule has 270 valence electrons. The fourth-order valence-corrected chi connectivity index (χ4v) is 6.89. The normalized spacial score (nSPS) is 17.3. The second kappa shape index (κ2) is 19.8. The van der Waals surface area contributed by atoms with E-state index in [-0.39, 0.29) is 11.8 Å². The molecule has 1 unspecified atom stereocenters. The third kappa shape index (κ3) is 12.0.